The number of rotatable bonds is 9. The summed E-state index contributed by atoms with van der Waals surface area (Å²) in [7, 11) is -1.86. The molecule has 0 aliphatic carbocycles. The fourth-order valence-electron chi connectivity index (χ4n) is 5.16. The molecule has 1 aromatic heterocycles. The quantitative estimate of drug-likeness (QED) is 0.424. The number of amides is 2. The van der Waals surface area contributed by atoms with E-state index in [9.17, 15) is 18.0 Å². The number of hydrogen-bond acceptors (Lipinski definition) is 7. The number of benzene rings is 2. The molecule has 1 aliphatic rings. The first-order valence-corrected chi connectivity index (χ1v) is 13.9. The molecule has 1 fully saturated rings. The lowest BCUT2D eigenvalue weighted by Gasteiger charge is -2.39. The Morgan fingerprint density at radius 1 is 1.18 bits per heavy atom. The topological polar surface area (TPSA) is 141 Å². The van der Waals surface area contributed by atoms with Crippen LogP contribution in [0.3, 0.4) is 0 Å². The van der Waals surface area contributed by atoms with Crippen LogP contribution in [0.25, 0.3) is 10.9 Å². The number of aryl methyl sites for hydroxylation is 1. The van der Waals surface area contributed by atoms with Crippen molar-refractivity contribution in [3.05, 3.63) is 65.9 Å². The number of fused-ring (bicyclic) bond motifs is 1. The third kappa shape index (κ3) is 5.40. The van der Waals surface area contributed by atoms with Gasteiger partial charge in [-0.15, -0.1) is 0 Å². The first-order valence-electron chi connectivity index (χ1n) is 12.5. The van der Waals surface area contributed by atoms with Crippen LogP contribution in [-0.4, -0.2) is 65.6 Å². The molecule has 0 radical (unpaired) electrons. The highest BCUT2D eigenvalue weighted by molar-refractivity contribution is 7.90. The van der Waals surface area contributed by atoms with Crippen LogP contribution in [0, 0.1) is 6.92 Å². The predicted octanol–water partition coefficient (Wildman–Crippen LogP) is 2.77. The van der Waals surface area contributed by atoms with Crippen molar-refractivity contribution in [2.24, 2.45) is 11.5 Å². The summed E-state index contributed by atoms with van der Waals surface area (Å²) in [6, 6.07) is 14.0. The molecule has 2 aromatic carbocycles. The highest BCUT2D eigenvalue weighted by Gasteiger charge is 2.46. The summed E-state index contributed by atoms with van der Waals surface area (Å²) < 4.78 is 33.2. The molecule has 38 heavy (non-hydrogen) atoms. The van der Waals surface area contributed by atoms with Gasteiger partial charge in [0.15, 0.2) is 6.10 Å². The third-order valence-electron chi connectivity index (χ3n) is 7.10. The summed E-state index contributed by atoms with van der Waals surface area (Å²) in [6.45, 7) is 6.57. The van der Waals surface area contributed by atoms with E-state index in [1.807, 2.05) is 44.0 Å². The Morgan fingerprint density at radius 3 is 2.50 bits per heavy atom. The van der Waals surface area contributed by atoms with Gasteiger partial charge in [0.05, 0.1) is 16.1 Å². The van der Waals surface area contributed by atoms with Gasteiger partial charge >= 0.3 is 6.09 Å². The van der Waals surface area contributed by atoms with Crippen molar-refractivity contribution in [3.8, 4) is 0 Å². The molecule has 0 saturated carbocycles. The van der Waals surface area contributed by atoms with Gasteiger partial charge in [-0.25, -0.2) is 17.2 Å². The largest absolute Gasteiger partial charge is 0.436 e. The molecule has 0 spiro atoms. The van der Waals surface area contributed by atoms with Crippen molar-refractivity contribution >= 4 is 32.9 Å². The van der Waals surface area contributed by atoms with Gasteiger partial charge in [-0.1, -0.05) is 35.9 Å². The fraction of sp³-hybridized carbons (Fsp3) is 0.407. The summed E-state index contributed by atoms with van der Waals surface area (Å²) in [4.78, 5) is 27.8. The van der Waals surface area contributed by atoms with Gasteiger partial charge in [0, 0.05) is 37.1 Å². The second kappa shape index (κ2) is 10.4. The van der Waals surface area contributed by atoms with Gasteiger partial charge in [-0.3, -0.25) is 4.79 Å². The normalized spacial score (nSPS) is 19.7. The maximum atomic E-state index is 13.5. The first-order chi connectivity index (χ1) is 17.8. The summed E-state index contributed by atoms with van der Waals surface area (Å²) >= 11 is 0. The number of nitrogens with zero attached hydrogens (tertiary/aromatic N) is 3. The molecule has 3 aromatic rings. The molecule has 4 N–H and O–H groups in total. The van der Waals surface area contributed by atoms with E-state index in [-0.39, 0.29) is 16.8 Å². The molecule has 204 valence electrons. The Hall–Kier alpha value is -3.41. The highest BCUT2D eigenvalue weighted by atomic mass is 32.2. The molecule has 4 rings (SSSR count). The van der Waals surface area contributed by atoms with E-state index in [1.54, 1.807) is 48.4 Å². The Morgan fingerprint density at radius 2 is 1.84 bits per heavy atom. The van der Waals surface area contributed by atoms with E-state index in [2.05, 4.69) is 0 Å². The lowest BCUT2D eigenvalue weighted by atomic mass is 10.1. The van der Waals surface area contributed by atoms with Crippen LogP contribution in [0.2, 0.25) is 0 Å². The van der Waals surface area contributed by atoms with Gasteiger partial charge in [0.2, 0.25) is 0 Å². The van der Waals surface area contributed by atoms with E-state index in [0.717, 1.165) is 16.5 Å². The van der Waals surface area contributed by atoms with Gasteiger partial charge in [-0.2, -0.15) is 0 Å². The lowest BCUT2D eigenvalue weighted by Crippen LogP contribution is -2.58. The zero-order chi connectivity index (χ0) is 27.8. The molecule has 2 heterocycles. The van der Waals surface area contributed by atoms with Crippen molar-refractivity contribution in [1.82, 2.24) is 13.8 Å². The zero-order valence-electron chi connectivity index (χ0n) is 22.1. The molecule has 11 heteroatoms. The number of carbonyl (C=O) groups is 2. The van der Waals surface area contributed by atoms with E-state index in [0.29, 0.717) is 31.4 Å². The maximum Gasteiger partial charge on any atom is 0.405 e. The van der Waals surface area contributed by atoms with Gasteiger partial charge < -0.3 is 26.0 Å². The summed E-state index contributed by atoms with van der Waals surface area (Å²) in [5.74, 6) is -0.353. The Bertz CT molecular complexity index is 1450. The standard InChI is InChI=1S/C27H35N5O5S/c1-18-9-11-21(12-10-18)38(35,36)31-17-20(22-7-5-6-8-23(22)31)16-30(4)14-13-27(3,29)32-19(2)15-24(25(32)33)37-26(28)34/h5-12,17,19,24H,13-16,29H2,1-4H3,(H2,28,34). The molecular formula is C27H35N5O5S. The molecule has 3 unspecified atom stereocenters. The average molecular weight is 542 g/mol. The van der Waals surface area contributed by atoms with Crippen LogP contribution in [0.5, 0.6) is 0 Å². The number of ether oxygens (including phenoxy) is 1. The number of nitrogens with two attached hydrogens (primary N) is 2. The van der Waals surface area contributed by atoms with Crippen molar-refractivity contribution in [1.29, 1.82) is 0 Å². The second-order valence-electron chi connectivity index (χ2n) is 10.3. The number of aromatic nitrogens is 1. The molecule has 0 bridgehead atoms. The van der Waals surface area contributed by atoms with Gasteiger partial charge in [0.1, 0.15) is 0 Å². The number of carbonyl (C=O) groups excluding carboxylic acids is 2. The minimum absolute atomic E-state index is 0.211. The number of para-hydroxylation sites is 1. The van der Waals surface area contributed by atoms with E-state index in [4.69, 9.17) is 16.2 Å². The van der Waals surface area contributed by atoms with Crippen molar-refractivity contribution in [2.45, 2.75) is 62.9 Å². The fourth-order valence-corrected chi connectivity index (χ4v) is 6.55. The number of primary amides is 1. The monoisotopic (exact) mass is 541 g/mol. The second-order valence-corrected chi connectivity index (χ2v) is 12.2. The first kappa shape index (κ1) is 27.6. The molecule has 10 nitrogen and oxygen atoms in total. The Balaban J connectivity index is 1.51. The van der Waals surface area contributed by atoms with Crippen molar-refractivity contribution < 1.29 is 22.7 Å². The minimum atomic E-state index is -3.78. The predicted molar refractivity (Wildman–Crippen MR) is 145 cm³/mol. The van der Waals surface area contributed by atoms with E-state index >= 15 is 0 Å². The van der Waals surface area contributed by atoms with E-state index in [1.165, 1.54) is 3.97 Å². The summed E-state index contributed by atoms with van der Waals surface area (Å²) in [6.07, 6.45) is 0.544. The molecule has 2 amide bonds. The average Bonchev–Trinajstić information content (AvgIpc) is 3.35. The van der Waals surface area contributed by atoms with Gasteiger partial charge in [-0.05, 0) is 58.0 Å². The van der Waals surface area contributed by atoms with Crippen molar-refractivity contribution in [3.63, 3.8) is 0 Å². The Kier molecular flexibility index (Phi) is 7.55. The zero-order valence-corrected chi connectivity index (χ0v) is 22.9. The highest BCUT2D eigenvalue weighted by Crippen LogP contribution is 2.30. The maximum absolute atomic E-state index is 13.5. The minimum Gasteiger partial charge on any atom is -0.436 e. The summed E-state index contributed by atoms with van der Waals surface area (Å²) in [5.41, 5.74) is 13.2. The van der Waals surface area contributed by atoms with E-state index < -0.39 is 27.9 Å². The summed E-state index contributed by atoms with van der Waals surface area (Å²) in [5, 5.41) is 0.848. The van der Waals surface area contributed by atoms with Crippen LogP contribution in [0.4, 0.5) is 4.79 Å². The van der Waals surface area contributed by atoms with Crippen LogP contribution >= 0.6 is 0 Å². The van der Waals surface area contributed by atoms with Gasteiger partial charge in [0.25, 0.3) is 15.9 Å². The molecule has 1 aliphatic heterocycles. The van der Waals surface area contributed by atoms with Crippen LogP contribution < -0.4 is 11.5 Å². The molecule has 3 atom stereocenters. The number of likely N-dealkylation sites (tertiary alicyclic amines) is 1. The SMILES string of the molecule is Cc1ccc(S(=O)(=O)n2cc(CN(C)CCC(C)(N)N3C(=O)C(OC(N)=O)CC3C)c3ccccc32)cc1. The molecular weight excluding hydrogens is 506 g/mol. The Labute approximate surface area is 223 Å². The van der Waals surface area contributed by atoms with Crippen LogP contribution in [-0.2, 0) is 26.1 Å². The lowest BCUT2D eigenvalue weighted by molar-refractivity contribution is -0.141. The third-order valence-corrected chi connectivity index (χ3v) is 8.78. The smallest absolute Gasteiger partial charge is 0.405 e. The van der Waals surface area contributed by atoms with Crippen molar-refractivity contribution in [2.75, 3.05) is 13.6 Å². The number of hydrogen-bond donors (Lipinski definition) is 2. The van der Waals surface area contributed by atoms with Crippen LogP contribution in [0.15, 0.2) is 59.6 Å². The molecule has 1 saturated heterocycles. The van der Waals surface area contributed by atoms with Crippen LogP contribution in [0.1, 0.15) is 37.8 Å².